The zero-order chi connectivity index (χ0) is 12.0. The van der Waals surface area contributed by atoms with Crippen molar-refractivity contribution >= 4 is 23.4 Å². The fraction of sp³-hybridized carbons (Fsp3) is 0.538. The first kappa shape index (κ1) is 13.9. The lowest BCUT2D eigenvalue weighted by Gasteiger charge is -2.16. The molecule has 0 aromatic heterocycles. The summed E-state index contributed by atoms with van der Waals surface area (Å²) in [6, 6.07) is 6.69. The normalized spacial score (nSPS) is 12.8. The molecule has 1 nitrogen and oxygen atoms in total. The largest absolute Gasteiger partial charge is 0.309 e. The van der Waals surface area contributed by atoms with Gasteiger partial charge in [0.2, 0.25) is 0 Å². The molecule has 0 aliphatic carbocycles. The van der Waals surface area contributed by atoms with E-state index in [1.54, 1.807) is 0 Å². The number of hydrogen-bond acceptors (Lipinski definition) is 2. The summed E-state index contributed by atoms with van der Waals surface area (Å²) in [4.78, 5) is 0. The summed E-state index contributed by atoms with van der Waals surface area (Å²) < 4.78 is 0. The lowest BCUT2D eigenvalue weighted by molar-refractivity contribution is 0.540. The second-order valence-corrected chi connectivity index (χ2v) is 5.36. The van der Waals surface area contributed by atoms with Gasteiger partial charge in [0.1, 0.15) is 0 Å². The maximum Gasteiger partial charge on any atom is 0.0408 e. The van der Waals surface area contributed by atoms with Crippen molar-refractivity contribution in [2.75, 3.05) is 12.0 Å². The fourth-order valence-electron chi connectivity index (χ4n) is 1.63. The van der Waals surface area contributed by atoms with E-state index in [9.17, 15) is 0 Å². The maximum absolute atomic E-state index is 5.93. The zero-order valence-corrected chi connectivity index (χ0v) is 11.8. The second kappa shape index (κ2) is 7.21. The second-order valence-electron chi connectivity index (χ2n) is 4.01. The Morgan fingerprint density at radius 3 is 2.75 bits per heavy atom. The van der Waals surface area contributed by atoms with Crippen LogP contribution in [0.3, 0.4) is 0 Å². The van der Waals surface area contributed by atoms with E-state index in [4.69, 9.17) is 11.6 Å². The van der Waals surface area contributed by atoms with E-state index in [1.165, 1.54) is 23.3 Å². The molecule has 16 heavy (non-hydrogen) atoms. The standard InChI is InChI=1S/C13H20ClNS/c1-4-13(9-16-3)15-8-11-5-6-12(14)7-10(11)2/h5-7,13,15H,4,8-9H2,1-3H3. The van der Waals surface area contributed by atoms with Crippen LogP contribution in [0.25, 0.3) is 0 Å². The van der Waals surface area contributed by atoms with Gasteiger partial charge in [-0.1, -0.05) is 24.6 Å². The molecule has 0 fully saturated rings. The van der Waals surface area contributed by atoms with Gasteiger partial charge < -0.3 is 5.32 Å². The molecule has 1 aromatic rings. The SMILES string of the molecule is CCC(CSC)NCc1ccc(Cl)cc1C. The summed E-state index contributed by atoms with van der Waals surface area (Å²) in [6.45, 7) is 5.27. The third-order valence-electron chi connectivity index (χ3n) is 2.75. The van der Waals surface area contributed by atoms with E-state index in [0.29, 0.717) is 6.04 Å². The van der Waals surface area contributed by atoms with Crippen LogP contribution in [-0.2, 0) is 6.54 Å². The lowest BCUT2D eigenvalue weighted by atomic mass is 10.1. The molecule has 0 heterocycles. The molecule has 1 unspecified atom stereocenters. The van der Waals surface area contributed by atoms with Crippen LogP contribution in [0.1, 0.15) is 24.5 Å². The third-order valence-corrected chi connectivity index (χ3v) is 3.72. The number of rotatable bonds is 6. The van der Waals surface area contributed by atoms with Crippen molar-refractivity contribution in [2.45, 2.75) is 32.9 Å². The Balaban J connectivity index is 2.53. The number of thioether (sulfide) groups is 1. The van der Waals surface area contributed by atoms with Crippen molar-refractivity contribution in [3.63, 3.8) is 0 Å². The molecular weight excluding hydrogens is 238 g/mol. The first-order valence-corrected chi connectivity index (χ1v) is 7.42. The zero-order valence-electron chi connectivity index (χ0n) is 10.2. The molecule has 0 saturated heterocycles. The van der Waals surface area contributed by atoms with Crippen LogP contribution in [0.2, 0.25) is 5.02 Å². The molecule has 1 atom stereocenters. The molecule has 0 bridgehead atoms. The van der Waals surface area contributed by atoms with Gasteiger partial charge in [-0.15, -0.1) is 0 Å². The van der Waals surface area contributed by atoms with Gasteiger partial charge in [0, 0.05) is 23.4 Å². The van der Waals surface area contributed by atoms with Crippen molar-refractivity contribution in [2.24, 2.45) is 0 Å². The topological polar surface area (TPSA) is 12.0 Å². The van der Waals surface area contributed by atoms with Crippen LogP contribution in [0.15, 0.2) is 18.2 Å². The van der Waals surface area contributed by atoms with Crippen LogP contribution < -0.4 is 5.32 Å². The van der Waals surface area contributed by atoms with Crippen molar-refractivity contribution in [1.82, 2.24) is 5.32 Å². The molecule has 1 aromatic carbocycles. The van der Waals surface area contributed by atoms with Gasteiger partial charge in [0.05, 0.1) is 0 Å². The molecule has 1 rings (SSSR count). The lowest BCUT2D eigenvalue weighted by Crippen LogP contribution is -2.30. The van der Waals surface area contributed by atoms with Gasteiger partial charge in [-0.3, -0.25) is 0 Å². The van der Waals surface area contributed by atoms with Crippen molar-refractivity contribution in [3.8, 4) is 0 Å². The molecule has 0 aliphatic rings. The average Bonchev–Trinajstić information content (AvgIpc) is 2.26. The Kier molecular flexibility index (Phi) is 6.25. The summed E-state index contributed by atoms with van der Waals surface area (Å²) in [7, 11) is 0. The van der Waals surface area contributed by atoms with Gasteiger partial charge in [-0.05, 0) is 42.9 Å². The molecule has 0 radical (unpaired) electrons. The Bertz CT molecular complexity index is 328. The van der Waals surface area contributed by atoms with Gasteiger partial charge in [-0.25, -0.2) is 0 Å². The summed E-state index contributed by atoms with van der Waals surface area (Å²) in [5.41, 5.74) is 2.60. The first-order valence-electron chi connectivity index (χ1n) is 5.64. The quantitative estimate of drug-likeness (QED) is 0.830. The fourth-order valence-corrected chi connectivity index (χ4v) is 2.62. The van der Waals surface area contributed by atoms with Gasteiger partial charge >= 0.3 is 0 Å². The van der Waals surface area contributed by atoms with E-state index in [1.807, 2.05) is 23.9 Å². The van der Waals surface area contributed by atoms with E-state index < -0.39 is 0 Å². The van der Waals surface area contributed by atoms with Crippen molar-refractivity contribution in [3.05, 3.63) is 34.3 Å². The highest BCUT2D eigenvalue weighted by molar-refractivity contribution is 7.98. The molecule has 0 spiro atoms. The third kappa shape index (κ3) is 4.36. The molecule has 0 amide bonds. The van der Waals surface area contributed by atoms with E-state index in [-0.39, 0.29) is 0 Å². The molecule has 0 saturated carbocycles. The number of benzene rings is 1. The molecule has 90 valence electrons. The summed E-state index contributed by atoms with van der Waals surface area (Å²) in [5.74, 6) is 1.17. The van der Waals surface area contributed by atoms with Crippen molar-refractivity contribution < 1.29 is 0 Å². The van der Waals surface area contributed by atoms with Crippen LogP contribution in [-0.4, -0.2) is 18.1 Å². The minimum absolute atomic E-state index is 0.602. The van der Waals surface area contributed by atoms with Gasteiger partial charge in [0.15, 0.2) is 0 Å². The smallest absolute Gasteiger partial charge is 0.0408 e. The van der Waals surface area contributed by atoms with Crippen LogP contribution in [0, 0.1) is 6.92 Å². The highest BCUT2D eigenvalue weighted by atomic mass is 35.5. The number of halogens is 1. The monoisotopic (exact) mass is 257 g/mol. The van der Waals surface area contributed by atoms with Gasteiger partial charge in [0.25, 0.3) is 0 Å². The average molecular weight is 258 g/mol. The van der Waals surface area contributed by atoms with Crippen LogP contribution >= 0.6 is 23.4 Å². The predicted molar refractivity (Wildman–Crippen MR) is 75.5 cm³/mol. The van der Waals surface area contributed by atoms with E-state index in [2.05, 4.69) is 31.5 Å². The number of aryl methyl sites for hydroxylation is 1. The van der Waals surface area contributed by atoms with E-state index in [0.717, 1.165) is 11.6 Å². The number of nitrogens with one attached hydrogen (secondary N) is 1. The highest BCUT2D eigenvalue weighted by Gasteiger charge is 2.05. The van der Waals surface area contributed by atoms with Gasteiger partial charge in [-0.2, -0.15) is 11.8 Å². The Hall–Kier alpha value is -0.180. The molecule has 1 N–H and O–H groups in total. The highest BCUT2D eigenvalue weighted by Crippen LogP contribution is 2.15. The summed E-state index contributed by atoms with van der Waals surface area (Å²) in [6.07, 6.45) is 3.32. The first-order chi connectivity index (χ1) is 7.67. The summed E-state index contributed by atoms with van der Waals surface area (Å²) >= 11 is 7.83. The Morgan fingerprint density at radius 1 is 1.44 bits per heavy atom. The minimum atomic E-state index is 0.602. The van der Waals surface area contributed by atoms with Crippen molar-refractivity contribution in [1.29, 1.82) is 0 Å². The maximum atomic E-state index is 5.93. The number of hydrogen-bond donors (Lipinski definition) is 1. The Morgan fingerprint density at radius 2 is 2.19 bits per heavy atom. The molecular formula is C13H20ClNS. The molecule has 3 heteroatoms. The summed E-state index contributed by atoms with van der Waals surface area (Å²) in [5, 5.41) is 4.40. The van der Waals surface area contributed by atoms with E-state index >= 15 is 0 Å². The van der Waals surface area contributed by atoms with Crippen LogP contribution in [0.4, 0.5) is 0 Å². The minimum Gasteiger partial charge on any atom is -0.309 e. The molecule has 0 aliphatic heterocycles. The Labute approximate surface area is 108 Å². The van der Waals surface area contributed by atoms with Crippen LogP contribution in [0.5, 0.6) is 0 Å². The predicted octanol–water partition coefficient (Wildman–Crippen LogP) is 3.88.